The number of nitrogens with one attached hydrogen (secondary N) is 2. The van der Waals surface area contributed by atoms with Gasteiger partial charge in [0.2, 0.25) is 0 Å². The summed E-state index contributed by atoms with van der Waals surface area (Å²) in [6.45, 7) is 0. The lowest BCUT2D eigenvalue weighted by Crippen LogP contribution is -2.14. The summed E-state index contributed by atoms with van der Waals surface area (Å²) in [5.74, 6) is -0.476. The molecule has 0 bridgehead atoms. The molecule has 2 aromatic carbocycles. The number of amides is 2. The van der Waals surface area contributed by atoms with Gasteiger partial charge in [0.15, 0.2) is 0 Å². The highest BCUT2D eigenvalue weighted by Gasteiger charge is 2.10. The number of hydrogen-bond acceptors (Lipinski definition) is 4. The normalized spacial score (nSPS) is 9.96. The molecule has 0 aliphatic heterocycles. The fourth-order valence-electron chi connectivity index (χ4n) is 2.34. The zero-order chi connectivity index (χ0) is 18.4. The summed E-state index contributed by atoms with van der Waals surface area (Å²) in [5, 5.41) is 16.1. The summed E-state index contributed by atoms with van der Waals surface area (Å²) in [6.07, 6.45) is 0.334. The minimum atomic E-state index is -0.273. The Labute approximate surface area is 154 Å². The SMILES string of the molecule is N#CCc1ccc(NC(=O)c2cccc(NC(=O)c3cccs3)c2)cc1. The molecule has 0 fully saturated rings. The van der Waals surface area contributed by atoms with Crippen LogP contribution in [0.15, 0.2) is 66.0 Å². The highest BCUT2D eigenvalue weighted by molar-refractivity contribution is 7.12. The van der Waals surface area contributed by atoms with E-state index in [4.69, 9.17) is 5.26 Å². The Bertz CT molecular complexity index is 957. The van der Waals surface area contributed by atoms with Gasteiger partial charge in [0.25, 0.3) is 11.8 Å². The van der Waals surface area contributed by atoms with E-state index in [-0.39, 0.29) is 11.8 Å². The van der Waals surface area contributed by atoms with Crippen molar-refractivity contribution in [2.24, 2.45) is 0 Å². The first kappa shape index (κ1) is 17.4. The molecule has 6 heteroatoms. The molecule has 0 saturated carbocycles. The van der Waals surface area contributed by atoms with Crippen molar-refractivity contribution in [2.75, 3.05) is 10.6 Å². The van der Waals surface area contributed by atoms with Crippen molar-refractivity contribution in [1.82, 2.24) is 0 Å². The molecule has 0 aliphatic carbocycles. The van der Waals surface area contributed by atoms with Gasteiger partial charge in [-0.25, -0.2) is 0 Å². The van der Waals surface area contributed by atoms with Crippen LogP contribution < -0.4 is 10.6 Å². The average Bonchev–Trinajstić information content (AvgIpc) is 3.19. The van der Waals surface area contributed by atoms with Gasteiger partial charge in [0.1, 0.15) is 0 Å². The van der Waals surface area contributed by atoms with Gasteiger partial charge >= 0.3 is 0 Å². The smallest absolute Gasteiger partial charge is 0.265 e. The number of benzene rings is 2. The summed E-state index contributed by atoms with van der Waals surface area (Å²) >= 11 is 1.36. The molecule has 0 unspecified atom stereocenters. The van der Waals surface area contributed by atoms with Crippen molar-refractivity contribution in [1.29, 1.82) is 5.26 Å². The summed E-state index contributed by atoms with van der Waals surface area (Å²) < 4.78 is 0. The second-order valence-corrected chi connectivity index (χ2v) is 6.45. The molecule has 5 nitrogen and oxygen atoms in total. The predicted molar refractivity (Wildman–Crippen MR) is 102 cm³/mol. The van der Waals surface area contributed by atoms with Gasteiger partial charge in [-0.2, -0.15) is 5.26 Å². The summed E-state index contributed by atoms with van der Waals surface area (Å²) in [5.41, 5.74) is 2.53. The molecule has 2 N–H and O–H groups in total. The second kappa shape index (κ2) is 8.10. The molecule has 0 saturated heterocycles. The van der Waals surface area contributed by atoms with Crippen LogP contribution in [0.2, 0.25) is 0 Å². The molecular weight excluding hydrogens is 346 g/mol. The Kier molecular flexibility index (Phi) is 5.42. The fraction of sp³-hybridized carbons (Fsp3) is 0.0500. The first-order valence-electron chi connectivity index (χ1n) is 7.88. The van der Waals surface area contributed by atoms with Gasteiger partial charge in [-0.05, 0) is 47.3 Å². The van der Waals surface area contributed by atoms with Crippen molar-refractivity contribution >= 4 is 34.5 Å². The minimum Gasteiger partial charge on any atom is -0.322 e. The Morgan fingerprint density at radius 1 is 0.923 bits per heavy atom. The van der Waals surface area contributed by atoms with Crippen LogP contribution in [0.5, 0.6) is 0 Å². The molecule has 26 heavy (non-hydrogen) atoms. The van der Waals surface area contributed by atoms with E-state index in [2.05, 4.69) is 16.7 Å². The maximum atomic E-state index is 12.4. The van der Waals surface area contributed by atoms with E-state index in [1.165, 1.54) is 11.3 Å². The van der Waals surface area contributed by atoms with Crippen LogP contribution in [0.25, 0.3) is 0 Å². The van der Waals surface area contributed by atoms with Crippen LogP contribution in [0.3, 0.4) is 0 Å². The van der Waals surface area contributed by atoms with Crippen molar-refractivity contribution in [3.05, 3.63) is 82.0 Å². The number of thiophene rings is 1. The monoisotopic (exact) mass is 361 g/mol. The van der Waals surface area contributed by atoms with E-state index in [0.717, 1.165) is 5.56 Å². The van der Waals surface area contributed by atoms with Crippen LogP contribution in [0.4, 0.5) is 11.4 Å². The molecule has 3 rings (SSSR count). The number of hydrogen-bond donors (Lipinski definition) is 2. The minimum absolute atomic E-state index is 0.203. The van der Waals surface area contributed by atoms with Crippen LogP contribution in [0.1, 0.15) is 25.6 Å². The number of anilines is 2. The number of nitriles is 1. The third-order valence-corrected chi connectivity index (χ3v) is 4.49. The summed E-state index contributed by atoms with van der Waals surface area (Å²) in [4.78, 5) is 25.1. The fourth-order valence-corrected chi connectivity index (χ4v) is 2.96. The highest BCUT2D eigenvalue weighted by atomic mass is 32.1. The summed E-state index contributed by atoms with van der Waals surface area (Å²) in [6, 6.07) is 19.5. The molecule has 0 radical (unpaired) electrons. The van der Waals surface area contributed by atoms with E-state index >= 15 is 0 Å². The van der Waals surface area contributed by atoms with Crippen molar-refractivity contribution < 1.29 is 9.59 Å². The van der Waals surface area contributed by atoms with E-state index < -0.39 is 0 Å². The molecule has 128 valence electrons. The van der Waals surface area contributed by atoms with E-state index in [9.17, 15) is 9.59 Å². The molecule has 1 heterocycles. The lowest BCUT2D eigenvalue weighted by molar-refractivity contribution is 0.101. The van der Waals surface area contributed by atoms with Gasteiger partial charge in [0, 0.05) is 16.9 Å². The van der Waals surface area contributed by atoms with Crippen molar-refractivity contribution in [3.8, 4) is 6.07 Å². The van der Waals surface area contributed by atoms with E-state index in [1.807, 2.05) is 11.4 Å². The second-order valence-electron chi connectivity index (χ2n) is 5.50. The predicted octanol–water partition coefficient (Wildman–Crippen LogP) is 4.32. The van der Waals surface area contributed by atoms with Crippen LogP contribution in [-0.4, -0.2) is 11.8 Å². The van der Waals surface area contributed by atoms with E-state index in [1.54, 1.807) is 54.6 Å². The topological polar surface area (TPSA) is 82.0 Å². The Balaban J connectivity index is 1.68. The van der Waals surface area contributed by atoms with Gasteiger partial charge in [-0.15, -0.1) is 11.3 Å². The Morgan fingerprint density at radius 3 is 2.38 bits per heavy atom. The van der Waals surface area contributed by atoms with Crippen LogP contribution >= 0.6 is 11.3 Å². The molecule has 0 aliphatic rings. The number of nitrogens with zero attached hydrogens (tertiary/aromatic N) is 1. The molecule has 3 aromatic rings. The first-order chi connectivity index (χ1) is 12.7. The molecular formula is C20H15N3O2S. The molecule has 2 amide bonds. The molecule has 0 spiro atoms. The maximum absolute atomic E-state index is 12.4. The third-order valence-electron chi connectivity index (χ3n) is 3.62. The number of rotatable bonds is 5. The zero-order valence-corrected chi connectivity index (χ0v) is 14.5. The summed E-state index contributed by atoms with van der Waals surface area (Å²) in [7, 11) is 0. The Morgan fingerprint density at radius 2 is 1.69 bits per heavy atom. The number of carbonyl (C=O) groups excluding carboxylic acids is 2. The van der Waals surface area contributed by atoms with Crippen molar-refractivity contribution in [2.45, 2.75) is 6.42 Å². The van der Waals surface area contributed by atoms with Gasteiger partial charge in [-0.1, -0.05) is 24.3 Å². The van der Waals surface area contributed by atoms with Crippen LogP contribution in [-0.2, 0) is 6.42 Å². The maximum Gasteiger partial charge on any atom is 0.265 e. The third kappa shape index (κ3) is 4.35. The molecule has 0 atom stereocenters. The first-order valence-corrected chi connectivity index (χ1v) is 8.76. The van der Waals surface area contributed by atoms with Gasteiger partial charge in [0.05, 0.1) is 17.4 Å². The quantitative estimate of drug-likeness (QED) is 0.710. The average molecular weight is 361 g/mol. The molecule has 1 aromatic heterocycles. The van der Waals surface area contributed by atoms with Gasteiger partial charge in [-0.3, -0.25) is 9.59 Å². The Hall–Kier alpha value is -3.43. The standard InChI is InChI=1S/C20H15N3O2S/c21-11-10-14-6-8-16(9-7-14)22-19(24)15-3-1-4-17(13-15)23-20(25)18-5-2-12-26-18/h1-9,12-13H,10H2,(H,22,24)(H,23,25). The van der Waals surface area contributed by atoms with E-state index in [0.29, 0.717) is 28.2 Å². The largest absolute Gasteiger partial charge is 0.322 e. The zero-order valence-electron chi connectivity index (χ0n) is 13.7. The van der Waals surface area contributed by atoms with Crippen LogP contribution in [0, 0.1) is 11.3 Å². The van der Waals surface area contributed by atoms with Gasteiger partial charge < -0.3 is 10.6 Å². The lowest BCUT2D eigenvalue weighted by atomic mass is 10.1. The lowest BCUT2D eigenvalue weighted by Gasteiger charge is -2.08. The highest BCUT2D eigenvalue weighted by Crippen LogP contribution is 2.17. The number of carbonyl (C=O) groups is 2. The van der Waals surface area contributed by atoms with Crippen molar-refractivity contribution in [3.63, 3.8) is 0 Å².